The summed E-state index contributed by atoms with van der Waals surface area (Å²) in [6.45, 7) is 7.98. The number of hydrogen-bond acceptors (Lipinski definition) is 7. The van der Waals surface area contributed by atoms with Gasteiger partial charge in [-0.2, -0.15) is 23.4 Å². The van der Waals surface area contributed by atoms with Crippen LogP contribution in [0.3, 0.4) is 0 Å². The van der Waals surface area contributed by atoms with Crippen molar-refractivity contribution in [1.29, 1.82) is 5.26 Å². The fourth-order valence-electron chi connectivity index (χ4n) is 3.76. The first-order valence-electron chi connectivity index (χ1n) is 11.2. The minimum atomic E-state index is -5.08. The molecule has 2 aromatic carbocycles. The van der Waals surface area contributed by atoms with E-state index in [0.29, 0.717) is 28.6 Å². The van der Waals surface area contributed by atoms with E-state index in [9.17, 15) is 18.4 Å². The Kier molecular flexibility index (Phi) is 8.32. The van der Waals surface area contributed by atoms with Crippen molar-refractivity contribution < 1.29 is 32.3 Å². The highest BCUT2D eigenvalue weighted by Crippen LogP contribution is 2.31. The van der Waals surface area contributed by atoms with Gasteiger partial charge >= 0.3 is 12.1 Å². The number of carboxylic acid groups (broad SMARTS) is 1. The van der Waals surface area contributed by atoms with Crippen molar-refractivity contribution >= 4 is 5.97 Å². The van der Waals surface area contributed by atoms with E-state index in [0.717, 1.165) is 31.5 Å². The van der Waals surface area contributed by atoms with Crippen molar-refractivity contribution in [3.8, 4) is 34.7 Å². The first kappa shape index (κ1) is 26.7. The third-order valence-corrected chi connectivity index (χ3v) is 5.44. The molecule has 2 heterocycles. The molecule has 3 aromatic rings. The molecule has 0 aliphatic carbocycles. The van der Waals surface area contributed by atoms with Crippen molar-refractivity contribution in [2.75, 3.05) is 13.1 Å². The Morgan fingerprint density at radius 1 is 1.22 bits per heavy atom. The van der Waals surface area contributed by atoms with Crippen LogP contribution in [0.2, 0.25) is 0 Å². The highest BCUT2D eigenvalue weighted by Gasteiger charge is 2.38. The van der Waals surface area contributed by atoms with Gasteiger partial charge in [-0.1, -0.05) is 17.3 Å². The fraction of sp³-hybridized carbons (Fsp3) is 0.360. The van der Waals surface area contributed by atoms with Crippen molar-refractivity contribution in [3.05, 3.63) is 52.6 Å². The Morgan fingerprint density at radius 2 is 1.92 bits per heavy atom. The number of hydrogen-bond donors (Lipinski definition) is 2. The summed E-state index contributed by atoms with van der Waals surface area (Å²) < 4.78 is 42.9. The molecule has 8 nitrogen and oxygen atoms in total. The topological polar surface area (TPSA) is 121 Å². The van der Waals surface area contributed by atoms with Crippen LogP contribution in [0.4, 0.5) is 13.2 Å². The number of rotatable bonds is 4. The van der Waals surface area contributed by atoms with Gasteiger partial charge in [0.05, 0.1) is 11.7 Å². The maximum absolute atomic E-state index is 10.6. The molecule has 4 rings (SSSR count). The zero-order valence-electron chi connectivity index (χ0n) is 19.9. The third-order valence-electron chi connectivity index (χ3n) is 5.44. The summed E-state index contributed by atoms with van der Waals surface area (Å²) in [5.74, 6) is -1.24. The molecule has 2 N–H and O–H groups in total. The summed E-state index contributed by atoms with van der Waals surface area (Å²) in [6.07, 6.45) is -3.05. The number of carbonyl (C=O) groups is 1. The van der Waals surface area contributed by atoms with Crippen LogP contribution in [0.25, 0.3) is 22.8 Å². The molecule has 1 aliphatic rings. The van der Waals surface area contributed by atoms with Crippen LogP contribution in [0, 0.1) is 18.3 Å². The van der Waals surface area contributed by atoms with Gasteiger partial charge < -0.3 is 19.7 Å². The summed E-state index contributed by atoms with van der Waals surface area (Å²) >= 11 is 0. The van der Waals surface area contributed by atoms with E-state index in [1.807, 2.05) is 19.9 Å². The lowest BCUT2D eigenvalue weighted by atomic mass is 9.93. The first-order valence-corrected chi connectivity index (χ1v) is 11.2. The number of aliphatic carboxylic acids is 1. The van der Waals surface area contributed by atoms with Crippen LogP contribution in [0.15, 0.2) is 34.9 Å². The lowest BCUT2D eigenvalue weighted by Crippen LogP contribution is -2.21. The molecule has 1 aromatic heterocycles. The number of nitriles is 1. The molecule has 0 bridgehead atoms. The summed E-state index contributed by atoms with van der Waals surface area (Å²) in [5.41, 5.74) is 6.11. The van der Waals surface area contributed by atoms with Crippen molar-refractivity contribution in [3.63, 3.8) is 0 Å². The Bertz CT molecular complexity index is 1280. The summed E-state index contributed by atoms with van der Waals surface area (Å²) in [4.78, 5) is 13.5. The minimum absolute atomic E-state index is 0.00524. The molecule has 0 amide bonds. The molecule has 1 aliphatic heterocycles. The number of carboxylic acids is 1. The normalized spacial score (nSPS) is 13.2. The van der Waals surface area contributed by atoms with Gasteiger partial charge in [-0.15, -0.1) is 0 Å². The quantitative estimate of drug-likeness (QED) is 0.527. The number of fused-ring (bicyclic) bond motifs is 1. The van der Waals surface area contributed by atoms with Crippen LogP contribution < -0.4 is 10.1 Å². The third kappa shape index (κ3) is 6.40. The molecule has 36 heavy (non-hydrogen) atoms. The highest BCUT2D eigenvalue weighted by molar-refractivity contribution is 5.73. The van der Waals surface area contributed by atoms with Gasteiger partial charge in [0.15, 0.2) is 0 Å². The van der Waals surface area contributed by atoms with E-state index in [4.69, 9.17) is 19.2 Å². The average Bonchev–Trinajstić information content (AvgIpc) is 3.17. The summed E-state index contributed by atoms with van der Waals surface area (Å²) in [6, 6.07) is 11.8. The van der Waals surface area contributed by atoms with Crippen molar-refractivity contribution in [2.45, 2.75) is 45.9 Å². The van der Waals surface area contributed by atoms with Crippen LogP contribution in [0.5, 0.6) is 5.75 Å². The molecular weight excluding hydrogens is 477 g/mol. The van der Waals surface area contributed by atoms with Gasteiger partial charge in [-0.25, -0.2) is 4.79 Å². The molecule has 0 saturated heterocycles. The number of benzene rings is 2. The molecule has 0 fully saturated rings. The molecule has 0 atom stereocenters. The maximum atomic E-state index is 10.6. The Hall–Kier alpha value is -3.91. The lowest BCUT2D eigenvalue weighted by Gasteiger charge is -2.12. The van der Waals surface area contributed by atoms with Crippen LogP contribution in [-0.2, 0) is 17.6 Å². The predicted octanol–water partition coefficient (Wildman–Crippen LogP) is 4.69. The second-order valence-electron chi connectivity index (χ2n) is 8.34. The standard InChI is InChI=1S/C23H24N4O2.C2HF3O2/c1-14(2)28-21-7-5-17(12-18(21)13-24)23-26-22(27-29-23)20-6-4-16-8-10-25-11-9-19(16)15(20)3;3-2(4,5)1(6)7/h4-7,12,14,25H,8-11H2,1-3H3;(H,6,7). The zero-order chi connectivity index (χ0) is 26.5. The maximum Gasteiger partial charge on any atom is 0.490 e. The molecule has 0 saturated carbocycles. The molecule has 0 unspecified atom stereocenters. The van der Waals surface area contributed by atoms with Gasteiger partial charge in [0, 0.05) is 11.1 Å². The summed E-state index contributed by atoms with van der Waals surface area (Å²) in [7, 11) is 0. The Balaban J connectivity index is 0.000000454. The van der Waals surface area contributed by atoms with Gasteiger partial charge in [0.1, 0.15) is 11.8 Å². The second-order valence-corrected chi connectivity index (χ2v) is 8.34. The fourth-order valence-corrected chi connectivity index (χ4v) is 3.76. The highest BCUT2D eigenvalue weighted by atomic mass is 19.4. The van der Waals surface area contributed by atoms with E-state index in [1.54, 1.807) is 12.1 Å². The molecular formula is C25H25F3N4O4. The number of nitrogens with zero attached hydrogens (tertiary/aromatic N) is 3. The predicted molar refractivity (Wildman–Crippen MR) is 124 cm³/mol. The van der Waals surface area contributed by atoms with E-state index in [-0.39, 0.29) is 6.10 Å². The first-order chi connectivity index (χ1) is 17.0. The van der Waals surface area contributed by atoms with Crippen molar-refractivity contribution in [1.82, 2.24) is 15.5 Å². The van der Waals surface area contributed by atoms with E-state index in [2.05, 4.69) is 40.6 Å². The number of aromatic nitrogens is 2. The largest absolute Gasteiger partial charge is 0.490 e. The Morgan fingerprint density at radius 3 is 2.56 bits per heavy atom. The number of nitrogens with one attached hydrogen (secondary N) is 1. The molecule has 190 valence electrons. The monoisotopic (exact) mass is 502 g/mol. The van der Waals surface area contributed by atoms with E-state index < -0.39 is 12.1 Å². The number of alkyl halides is 3. The van der Waals surface area contributed by atoms with Gasteiger partial charge in [-0.3, -0.25) is 0 Å². The average molecular weight is 502 g/mol. The second kappa shape index (κ2) is 11.2. The van der Waals surface area contributed by atoms with Gasteiger partial charge in [-0.05, 0) is 81.6 Å². The van der Waals surface area contributed by atoms with Crippen LogP contribution in [0.1, 0.15) is 36.1 Å². The molecule has 0 radical (unpaired) electrons. The number of ether oxygens (including phenoxy) is 1. The van der Waals surface area contributed by atoms with Crippen molar-refractivity contribution in [2.24, 2.45) is 0 Å². The van der Waals surface area contributed by atoms with E-state index in [1.165, 1.54) is 16.7 Å². The lowest BCUT2D eigenvalue weighted by molar-refractivity contribution is -0.192. The summed E-state index contributed by atoms with van der Waals surface area (Å²) in [5, 5.41) is 24.2. The zero-order valence-corrected chi connectivity index (χ0v) is 19.9. The smallest absolute Gasteiger partial charge is 0.490 e. The molecule has 0 spiro atoms. The Labute approximate surface area is 205 Å². The van der Waals surface area contributed by atoms with Crippen LogP contribution >= 0.6 is 0 Å². The SMILES string of the molecule is Cc1c(-c2noc(-c3ccc(OC(C)C)c(C#N)c3)n2)ccc2c1CCNCC2.O=C(O)C(F)(F)F. The number of halogens is 3. The van der Waals surface area contributed by atoms with Gasteiger partial charge in [0.25, 0.3) is 5.89 Å². The molecule has 11 heteroatoms. The van der Waals surface area contributed by atoms with Crippen LogP contribution in [-0.4, -0.2) is 46.6 Å². The van der Waals surface area contributed by atoms with Gasteiger partial charge in [0.2, 0.25) is 5.82 Å². The van der Waals surface area contributed by atoms with E-state index >= 15 is 0 Å². The minimum Gasteiger partial charge on any atom is -0.490 e.